The second-order valence-corrected chi connectivity index (χ2v) is 9.19. The Balaban J connectivity index is 2.40. The summed E-state index contributed by atoms with van der Waals surface area (Å²) >= 11 is 0. The van der Waals surface area contributed by atoms with Gasteiger partial charge in [0.05, 0.1) is 0 Å². The maximum Gasteiger partial charge on any atom is 0.186 e. The molecule has 1 rings (SSSR count). The van der Waals surface area contributed by atoms with Gasteiger partial charge in [0.25, 0.3) is 0 Å². The second kappa shape index (κ2) is 6.02. The molecule has 0 saturated carbocycles. The van der Waals surface area contributed by atoms with Crippen LogP contribution in [0.5, 0.6) is 0 Å². The zero-order chi connectivity index (χ0) is 12.0. The Hall–Kier alpha value is -0.863. The van der Waals surface area contributed by atoms with Gasteiger partial charge in [0.1, 0.15) is 0 Å². The van der Waals surface area contributed by atoms with Gasteiger partial charge in [-0.25, -0.2) is 0 Å². The first-order valence-electron chi connectivity index (χ1n) is 5.84. The highest BCUT2D eigenvalue weighted by Gasteiger charge is 2.19. The molecule has 0 aliphatic heterocycles. The molecular formula is C14H22OSi. The lowest BCUT2D eigenvalue weighted by Gasteiger charge is -2.19. The van der Waals surface area contributed by atoms with Gasteiger partial charge in [-0.05, 0) is 43.1 Å². The van der Waals surface area contributed by atoms with Crippen LogP contribution in [0.2, 0.25) is 19.1 Å². The predicted molar refractivity (Wildman–Crippen MR) is 74.2 cm³/mol. The summed E-state index contributed by atoms with van der Waals surface area (Å²) < 4.78 is 5.54. The maximum absolute atomic E-state index is 5.54. The molecule has 0 heterocycles. The summed E-state index contributed by atoms with van der Waals surface area (Å²) in [6, 6.07) is 9.87. The maximum atomic E-state index is 5.54. The molecule has 2 heteroatoms. The number of aryl methyl sites for hydroxylation is 1. The van der Waals surface area contributed by atoms with Crippen LogP contribution in [0.4, 0.5) is 0 Å². The zero-order valence-corrected chi connectivity index (χ0v) is 11.6. The van der Waals surface area contributed by atoms with E-state index in [1.165, 1.54) is 23.6 Å². The lowest BCUT2D eigenvalue weighted by atomic mass is 10.1. The van der Waals surface area contributed by atoms with Crippen molar-refractivity contribution in [3.63, 3.8) is 0 Å². The Bertz CT molecular complexity index is 327. The Morgan fingerprint density at radius 2 is 1.88 bits per heavy atom. The molecule has 0 atom stereocenters. The van der Waals surface area contributed by atoms with Gasteiger partial charge in [-0.2, -0.15) is 0 Å². The van der Waals surface area contributed by atoms with Crippen molar-refractivity contribution in [2.24, 2.45) is 0 Å². The first kappa shape index (κ1) is 13.2. The van der Waals surface area contributed by atoms with Crippen LogP contribution in [-0.4, -0.2) is 15.4 Å². The molecule has 1 aromatic rings. The topological polar surface area (TPSA) is 9.23 Å². The molecule has 0 aliphatic carbocycles. The molecule has 0 saturated heterocycles. The van der Waals surface area contributed by atoms with Gasteiger partial charge in [0, 0.05) is 7.11 Å². The van der Waals surface area contributed by atoms with E-state index in [9.17, 15) is 0 Å². The van der Waals surface area contributed by atoms with E-state index >= 15 is 0 Å². The molecule has 0 bridgehead atoms. The van der Waals surface area contributed by atoms with Crippen LogP contribution in [0.15, 0.2) is 30.8 Å². The van der Waals surface area contributed by atoms with Gasteiger partial charge in [0.2, 0.25) is 0 Å². The van der Waals surface area contributed by atoms with E-state index < -0.39 is 8.32 Å². The monoisotopic (exact) mass is 234 g/mol. The van der Waals surface area contributed by atoms with Crippen LogP contribution in [0.1, 0.15) is 17.5 Å². The van der Waals surface area contributed by atoms with E-state index in [-0.39, 0.29) is 0 Å². The fourth-order valence-electron chi connectivity index (χ4n) is 1.64. The van der Waals surface area contributed by atoms with Crippen molar-refractivity contribution in [1.29, 1.82) is 0 Å². The second-order valence-electron chi connectivity index (χ2n) is 4.76. The van der Waals surface area contributed by atoms with E-state index in [1.54, 1.807) is 0 Å². The largest absolute Gasteiger partial charge is 0.420 e. The van der Waals surface area contributed by atoms with Gasteiger partial charge in [-0.15, -0.1) is 0 Å². The summed E-state index contributed by atoms with van der Waals surface area (Å²) in [5.74, 6) is 0. The highest BCUT2D eigenvalue weighted by Crippen LogP contribution is 2.15. The first-order valence-corrected chi connectivity index (χ1v) is 8.95. The molecule has 0 aromatic heterocycles. The lowest BCUT2D eigenvalue weighted by molar-refractivity contribution is 0.402. The zero-order valence-electron chi connectivity index (χ0n) is 10.6. The molecule has 0 spiro atoms. The summed E-state index contributed by atoms with van der Waals surface area (Å²) in [4.78, 5) is 0. The molecule has 16 heavy (non-hydrogen) atoms. The van der Waals surface area contributed by atoms with Crippen LogP contribution < -0.4 is 0 Å². The third-order valence-corrected chi connectivity index (χ3v) is 5.68. The highest BCUT2D eigenvalue weighted by molar-refractivity contribution is 6.71. The fraction of sp³-hybridized carbons (Fsp3) is 0.429. The molecule has 0 aliphatic rings. The Morgan fingerprint density at radius 1 is 1.25 bits per heavy atom. The summed E-state index contributed by atoms with van der Waals surface area (Å²) in [5.41, 5.74) is 2.60. The summed E-state index contributed by atoms with van der Waals surface area (Å²) in [6.07, 6.45) is 4.25. The molecule has 88 valence electrons. The minimum Gasteiger partial charge on any atom is -0.420 e. The van der Waals surface area contributed by atoms with E-state index in [1.807, 2.05) is 13.2 Å². The van der Waals surface area contributed by atoms with Crippen molar-refractivity contribution in [1.82, 2.24) is 0 Å². The number of hydrogen-bond acceptors (Lipinski definition) is 1. The molecule has 0 unspecified atom stereocenters. The smallest absolute Gasteiger partial charge is 0.186 e. The van der Waals surface area contributed by atoms with Gasteiger partial charge in [-0.1, -0.05) is 36.9 Å². The standard InChI is InChI=1S/C14H22OSi/c1-5-13-8-10-14(11-9-13)7-6-12-16(3,4)15-2/h5,8-11H,1,6-7,12H2,2-4H3. The van der Waals surface area contributed by atoms with Crippen LogP contribution in [0.25, 0.3) is 6.08 Å². The first-order chi connectivity index (χ1) is 7.57. The van der Waals surface area contributed by atoms with Crippen molar-refractivity contribution >= 4 is 14.4 Å². The van der Waals surface area contributed by atoms with E-state index in [0.717, 1.165) is 6.42 Å². The average molecular weight is 234 g/mol. The van der Waals surface area contributed by atoms with Crippen molar-refractivity contribution in [3.8, 4) is 0 Å². The van der Waals surface area contributed by atoms with Crippen molar-refractivity contribution in [2.45, 2.75) is 32.0 Å². The number of hydrogen-bond donors (Lipinski definition) is 0. The number of rotatable bonds is 6. The summed E-state index contributed by atoms with van der Waals surface area (Å²) in [7, 11) is 0.473. The molecule has 0 fully saturated rings. The van der Waals surface area contributed by atoms with E-state index in [2.05, 4.69) is 43.9 Å². The third-order valence-electron chi connectivity index (χ3n) is 3.01. The fourth-order valence-corrected chi connectivity index (χ4v) is 2.87. The van der Waals surface area contributed by atoms with Crippen LogP contribution in [-0.2, 0) is 10.8 Å². The van der Waals surface area contributed by atoms with Gasteiger partial charge >= 0.3 is 0 Å². The molecule has 0 amide bonds. The molecular weight excluding hydrogens is 212 g/mol. The molecule has 1 aromatic carbocycles. The SMILES string of the molecule is C=Cc1ccc(CCC[Si](C)(C)OC)cc1. The average Bonchev–Trinajstić information content (AvgIpc) is 2.30. The van der Waals surface area contributed by atoms with Crippen LogP contribution in [0.3, 0.4) is 0 Å². The quantitative estimate of drug-likeness (QED) is 0.673. The van der Waals surface area contributed by atoms with Crippen LogP contribution in [0, 0.1) is 0 Å². The Kier molecular flexibility index (Phi) is 4.96. The molecule has 0 radical (unpaired) electrons. The van der Waals surface area contributed by atoms with Crippen molar-refractivity contribution < 1.29 is 4.43 Å². The van der Waals surface area contributed by atoms with Gasteiger partial charge < -0.3 is 4.43 Å². The lowest BCUT2D eigenvalue weighted by Crippen LogP contribution is -2.28. The third kappa shape index (κ3) is 4.33. The van der Waals surface area contributed by atoms with Crippen molar-refractivity contribution in [2.75, 3.05) is 7.11 Å². The van der Waals surface area contributed by atoms with Gasteiger partial charge in [-0.3, -0.25) is 0 Å². The molecule has 1 nitrogen and oxygen atoms in total. The normalized spacial score (nSPS) is 11.4. The predicted octanol–water partition coefficient (Wildman–Crippen LogP) is 4.11. The van der Waals surface area contributed by atoms with Gasteiger partial charge in [0.15, 0.2) is 8.32 Å². The van der Waals surface area contributed by atoms with Crippen molar-refractivity contribution in [3.05, 3.63) is 42.0 Å². The van der Waals surface area contributed by atoms with Crippen LogP contribution >= 0.6 is 0 Å². The highest BCUT2D eigenvalue weighted by atomic mass is 28.4. The molecule has 0 N–H and O–H groups in total. The summed E-state index contributed by atoms with van der Waals surface area (Å²) in [5, 5.41) is 0. The Labute approximate surface area is 100 Å². The number of benzene rings is 1. The summed E-state index contributed by atoms with van der Waals surface area (Å²) in [6.45, 7) is 8.30. The Morgan fingerprint density at radius 3 is 2.38 bits per heavy atom. The minimum atomic E-state index is -1.37. The minimum absolute atomic E-state index is 1.15. The van der Waals surface area contributed by atoms with E-state index in [4.69, 9.17) is 4.43 Å². The van der Waals surface area contributed by atoms with E-state index in [0.29, 0.717) is 0 Å².